The van der Waals surface area contributed by atoms with Crippen molar-refractivity contribution in [1.82, 2.24) is 15.1 Å². The van der Waals surface area contributed by atoms with E-state index in [1.807, 2.05) is 6.20 Å². The first-order valence-electron chi connectivity index (χ1n) is 6.93. The lowest BCUT2D eigenvalue weighted by Crippen LogP contribution is -2.23. The lowest BCUT2D eigenvalue weighted by Gasteiger charge is -2.10. The van der Waals surface area contributed by atoms with E-state index in [1.165, 1.54) is 21.3 Å². The van der Waals surface area contributed by atoms with Gasteiger partial charge in [0.1, 0.15) is 0 Å². The van der Waals surface area contributed by atoms with Crippen molar-refractivity contribution in [2.24, 2.45) is 0 Å². The summed E-state index contributed by atoms with van der Waals surface area (Å²) < 4.78 is 3.43. The van der Waals surface area contributed by atoms with E-state index in [2.05, 4.69) is 64.7 Å². The molecule has 0 aliphatic heterocycles. The molecular formula is C16H19N3S. The zero-order valence-corrected chi connectivity index (χ0v) is 12.7. The molecule has 0 saturated carbocycles. The molecule has 0 radical (unpaired) electrons. The van der Waals surface area contributed by atoms with Gasteiger partial charge in [-0.05, 0) is 28.5 Å². The van der Waals surface area contributed by atoms with Crippen LogP contribution < -0.4 is 5.32 Å². The minimum Gasteiger partial charge on any atom is -0.309 e. The number of rotatable bonds is 5. The molecule has 0 aliphatic rings. The van der Waals surface area contributed by atoms with Crippen LogP contribution in [0.4, 0.5) is 0 Å². The van der Waals surface area contributed by atoms with Crippen molar-refractivity contribution >= 4 is 21.4 Å². The number of hydrogen-bond donors (Lipinski definition) is 1. The first-order chi connectivity index (χ1) is 9.74. The van der Waals surface area contributed by atoms with Gasteiger partial charge in [0.2, 0.25) is 0 Å². The summed E-state index contributed by atoms with van der Waals surface area (Å²) in [5.41, 5.74) is 2.58. The van der Waals surface area contributed by atoms with Crippen LogP contribution in [-0.4, -0.2) is 15.8 Å². The van der Waals surface area contributed by atoms with Crippen LogP contribution in [0.5, 0.6) is 0 Å². The molecule has 2 aromatic heterocycles. The largest absolute Gasteiger partial charge is 0.309 e. The number of nitrogens with zero attached hydrogens (tertiary/aromatic N) is 2. The summed E-state index contributed by atoms with van der Waals surface area (Å²) in [5.74, 6) is 0. The topological polar surface area (TPSA) is 29.9 Å². The predicted molar refractivity (Wildman–Crippen MR) is 85.1 cm³/mol. The van der Waals surface area contributed by atoms with Crippen molar-refractivity contribution < 1.29 is 0 Å². The number of nitrogens with one attached hydrogen (secondary N) is 1. The Balaban J connectivity index is 1.83. The normalized spacial score (nSPS) is 11.6. The molecule has 0 fully saturated rings. The third-order valence-corrected chi connectivity index (χ3v) is 4.39. The van der Waals surface area contributed by atoms with Gasteiger partial charge in [0.25, 0.3) is 0 Å². The Morgan fingerprint density at radius 2 is 2.10 bits per heavy atom. The van der Waals surface area contributed by atoms with Gasteiger partial charge in [0.15, 0.2) is 0 Å². The molecule has 1 aromatic carbocycles. The molecule has 3 nitrogen and oxygen atoms in total. The molecule has 20 heavy (non-hydrogen) atoms. The van der Waals surface area contributed by atoms with Crippen LogP contribution in [0.3, 0.4) is 0 Å². The van der Waals surface area contributed by atoms with Gasteiger partial charge in [-0.15, -0.1) is 11.3 Å². The van der Waals surface area contributed by atoms with Crippen LogP contribution in [0, 0.1) is 0 Å². The zero-order valence-electron chi connectivity index (χ0n) is 11.8. The van der Waals surface area contributed by atoms with Crippen molar-refractivity contribution in [3.8, 4) is 0 Å². The molecule has 0 bridgehead atoms. The second-order valence-electron chi connectivity index (χ2n) is 5.27. The summed E-state index contributed by atoms with van der Waals surface area (Å²) in [7, 11) is 0. The van der Waals surface area contributed by atoms with Crippen LogP contribution in [0.2, 0.25) is 0 Å². The van der Waals surface area contributed by atoms with Crippen molar-refractivity contribution in [3.63, 3.8) is 0 Å². The molecule has 0 saturated heterocycles. The van der Waals surface area contributed by atoms with Crippen LogP contribution in [0.25, 0.3) is 10.1 Å². The van der Waals surface area contributed by atoms with Crippen LogP contribution in [-0.2, 0) is 13.1 Å². The first kappa shape index (κ1) is 13.3. The number of thiophene rings is 1. The summed E-state index contributed by atoms with van der Waals surface area (Å²) in [5, 5.41) is 11.5. The van der Waals surface area contributed by atoms with Gasteiger partial charge in [-0.25, -0.2) is 0 Å². The number of benzene rings is 1. The van der Waals surface area contributed by atoms with Crippen molar-refractivity contribution in [3.05, 3.63) is 53.2 Å². The highest BCUT2D eigenvalue weighted by Gasteiger charge is 2.08. The summed E-state index contributed by atoms with van der Waals surface area (Å²) >= 11 is 1.80. The van der Waals surface area contributed by atoms with E-state index in [0.717, 1.165) is 13.1 Å². The molecule has 104 valence electrons. The Labute approximate surface area is 123 Å². The molecule has 0 spiro atoms. The van der Waals surface area contributed by atoms with E-state index in [9.17, 15) is 0 Å². The Hall–Kier alpha value is -1.65. The van der Waals surface area contributed by atoms with Gasteiger partial charge >= 0.3 is 0 Å². The highest BCUT2D eigenvalue weighted by atomic mass is 32.1. The Bertz CT molecular complexity index is 696. The van der Waals surface area contributed by atoms with E-state index < -0.39 is 0 Å². The fourth-order valence-corrected chi connectivity index (χ4v) is 3.23. The smallest absolute Gasteiger partial charge is 0.0677 e. The summed E-state index contributed by atoms with van der Waals surface area (Å²) in [6, 6.07) is 11.1. The van der Waals surface area contributed by atoms with Crippen LogP contribution in [0.1, 0.15) is 25.1 Å². The van der Waals surface area contributed by atoms with Crippen molar-refractivity contribution in [2.45, 2.75) is 33.0 Å². The quantitative estimate of drug-likeness (QED) is 0.775. The second kappa shape index (κ2) is 5.77. The predicted octanol–water partition coefficient (Wildman–Crippen LogP) is 3.64. The molecular weight excluding hydrogens is 266 g/mol. The summed E-state index contributed by atoms with van der Waals surface area (Å²) in [6.07, 6.45) is 1.88. The molecule has 3 aromatic rings. The maximum Gasteiger partial charge on any atom is 0.0677 e. The minimum atomic E-state index is 0.486. The van der Waals surface area contributed by atoms with E-state index >= 15 is 0 Å². The van der Waals surface area contributed by atoms with Gasteiger partial charge in [-0.1, -0.05) is 32.0 Å². The van der Waals surface area contributed by atoms with E-state index in [1.54, 1.807) is 11.3 Å². The van der Waals surface area contributed by atoms with E-state index in [-0.39, 0.29) is 0 Å². The number of aromatic nitrogens is 2. The average molecular weight is 285 g/mol. The molecule has 0 unspecified atom stereocenters. The Kier molecular flexibility index (Phi) is 3.85. The Morgan fingerprint density at radius 1 is 1.25 bits per heavy atom. The fourth-order valence-electron chi connectivity index (χ4n) is 2.28. The highest BCUT2D eigenvalue weighted by molar-refractivity contribution is 7.17. The van der Waals surface area contributed by atoms with Gasteiger partial charge in [0.05, 0.1) is 12.2 Å². The number of fused-ring (bicyclic) bond motifs is 1. The van der Waals surface area contributed by atoms with Crippen molar-refractivity contribution in [1.29, 1.82) is 0 Å². The third-order valence-electron chi connectivity index (χ3n) is 3.38. The van der Waals surface area contributed by atoms with Crippen LogP contribution in [0.15, 0.2) is 41.9 Å². The summed E-state index contributed by atoms with van der Waals surface area (Å²) in [4.78, 5) is 0. The molecule has 1 N–H and O–H groups in total. The zero-order chi connectivity index (χ0) is 13.9. The van der Waals surface area contributed by atoms with E-state index in [0.29, 0.717) is 6.04 Å². The molecule has 0 amide bonds. The average Bonchev–Trinajstić information content (AvgIpc) is 3.05. The molecule has 0 atom stereocenters. The van der Waals surface area contributed by atoms with Gasteiger partial charge in [-0.2, -0.15) is 5.10 Å². The monoisotopic (exact) mass is 285 g/mol. The Morgan fingerprint density at radius 3 is 2.95 bits per heavy atom. The lowest BCUT2D eigenvalue weighted by atomic mass is 10.2. The fraction of sp³-hybridized carbons (Fsp3) is 0.312. The molecule has 4 heteroatoms. The van der Waals surface area contributed by atoms with Gasteiger partial charge in [-0.3, -0.25) is 4.68 Å². The minimum absolute atomic E-state index is 0.486. The third kappa shape index (κ3) is 2.76. The highest BCUT2D eigenvalue weighted by Crippen LogP contribution is 2.26. The molecule has 0 aliphatic carbocycles. The standard InChI is InChI=1S/C16H19N3S/c1-12(2)17-9-14-7-8-18-19(14)10-13-11-20-16-6-4-3-5-15(13)16/h3-8,11-12,17H,9-10H2,1-2H3. The number of hydrogen-bond acceptors (Lipinski definition) is 3. The first-order valence-corrected chi connectivity index (χ1v) is 7.81. The lowest BCUT2D eigenvalue weighted by molar-refractivity contribution is 0.548. The summed E-state index contributed by atoms with van der Waals surface area (Å²) in [6.45, 7) is 6.02. The van der Waals surface area contributed by atoms with Crippen molar-refractivity contribution in [2.75, 3.05) is 0 Å². The molecule has 3 rings (SSSR count). The SMILES string of the molecule is CC(C)NCc1ccnn1Cc1csc2ccccc12. The van der Waals surface area contributed by atoms with Crippen LogP contribution >= 0.6 is 11.3 Å². The van der Waals surface area contributed by atoms with E-state index in [4.69, 9.17) is 0 Å². The second-order valence-corrected chi connectivity index (χ2v) is 6.18. The maximum atomic E-state index is 4.46. The maximum absolute atomic E-state index is 4.46. The van der Waals surface area contributed by atoms with Gasteiger partial charge < -0.3 is 5.32 Å². The van der Waals surface area contributed by atoms with Gasteiger partial charge in [0, 0.05) is 23.5 Å². The molecule has 2 heterocycles.